The molecular formula is C13H11F4NS. The molecule has 1 nitrogen and oxygen atoms in total. The fourth-order valence-corrected chi connectivity index (χ4v) is 2.73. The molecule has 6 heteroatoms. The molecule has 0 aliphatic carbocycles. The molecule has 0 fully saturated rings. The molecule has 0 aliphatic heterocycles. The number of halogens is 4. The maximum absolute atomic E-state index is 13.5. The van der Waals surface area contributed by atoms with Crippen molar-refractivity contribution in [2.45, 2.75) is 12.2 Å². The number of rotatable bonds is 3. The maximum atomic E-state index is 13.5. The van der Waals surface area contributed by atoms with Crippen LogP contribution in [0.15, 0.2) is 35.7 Å². The third-order valence-corrected chi connectivity index (χ3v) is 3.69. The van der Waals surface area contributed by atoms with Gasteiger partial charge in [0.1, 0.15) is 5.82 Å². The fourth-order valence-electron chi connectivity index (χ4n) is 1.87. The van der Waals surface area contributed by atoms with Crippen LogP contribution in [0.1, 0.15) is 22.0 Å². The molecule has 19 heavy (non-hydrogen) atoms. The van der Waals surface area contributed by atoms with Gasteiger partial charge in [0.15, 0.2) is 0 Å². The fraction of sp³-hybridized carbons (Fsp3) is 0.231. The summed E-state index contributed by atoms with van der Waals surface area (Å²) < 4.78 is 51.0. The van der Waals surface area contributed by atoms with Crippen LogP contribution in [0.25, 0.3) is 0 Å². The third kappa shape index (κ3) is 2.96. The molecule has 0 amide bonds. The summed E-state index contributed by atoms with van der Waals surface area (Å²) in [7, 11) is 1.68. The molecule has 0 bridgehead atoms. The highest BCUT2D eigenvalue weighted by molar-refractivity contribution is 7.10. The van der Waals surface area contributed by atoms with Gasteiger partial charge in [-0.2, -0.15) is 13.2 Å². The lowest BCUT2D eigenvalue weighted by Crippen LogP contribution is -2.17. The predicted octanol–water partition coefficient (Wildman–Crippen LogP) is 4.21. The van der Waals surface area contributed by atoms with Crippen molar-refractivity contribution in [1.29, 1.82) is 0 Å². The molecule has 0 saturated heterocycles. The lowest BCUT2D eigenvalue weighted by molar-refractivity contribution is -0.140. The molecule has 1 aromatic heterocycles. The first kappa shape index (κ1) is 14.0. The molecule has 0 radical (unpaired) electrons. The van der Waals surface area contributed by atoms with Crippen molar-refractivity contribution < 1.29 is 17.6 Å². The molecule has 2 aromatic rings. The third-order valence-electron chi connectivity index (χ3n) is 2.75. The van der Waals surface area contributed by atoms with Gasteiger partial charge in [-0.25, -0.2) is 4.39 Å². The maximum Gasteiger partial charge on any atom is 0.419 e. The van der Waals surface area contributed by atoms with Crippen molar-refractivity contribution >= 4 is 11.3 Å². The first-order valence-electron chi connectivity index (χ1n) is 5.51. The van der Waals surface area contributed by atoms with Crippen molar-refractivity contribution in [1.82, 2.24) is 5.32 Å². The van der Waals surface area contributed by atoms with Gasteiger partial charge in [0, 0.05) is 4.88 Å². The van der Waals surface area contributed by atoms with E-state index in [0.29, 0.717) is 5.56 Å². The van der Waals surface area contributed by atoms with Gasteiger partial charge >= 0.3 is 6.18 Å². The van der Waals surface area contributed by atoms with Crippen molar-refractivity contribution in [3.05, 3.63) is 57.5 Å². The Morgan fingerprint density at radius 2 is 1.95 bits per heavy atom. The first-order valence-corrected chi connectivity index (χ1v) is 6.38. The second-order valence-corrected chi connectivity index (χ2v) is 4.95. The normalized spacial score (nSPS) is 13.5. The number of benzene rings is 1. The van der Waals surface area contributed by atoms with E-state index in [1.54, 1.807) is 7.05 Å². The molecule has 1 heterocycles. The van der Waals surface area contributed by atoms with Gasteiger partial charge in [-0.3, -0.25) is 0 Å². The van der Waals surface area contributed by atoms with Crippen molar-refractivity contribution in [3.8, 4) is 0 Å². The first-order chi connectivity index (χ1) is 8.93. The van der Waals surface area contributed by atoms with Crippen LogP contribution in [-0.4, -0.2) is 7.05 Å². The smallest absolute Gasteiger partial charge is 0.309 e. The lowest BCUT2D eigenvalue weighted by Gasteiger charge is -2.16. The molecule has 1 unspecified atom stereocenters. The van der Waals surface area contributed by atoms with Crippen molar-refractivity contribution in [2.24, 2.45) is 0 Å². The monoisotopic (exact) mass is 289 g/mol. The Labute approximate surface area is 111 Å². The Balaban J connectivity index is 2.39. The zero-order chi connectivity index (χ0) is 14.0. The second-order valence-electron chi connectivity index (χ2n) is 3.97. The summed E-state index contributed by atoms with van der Waals surface area (Å²) in [6.45, 7) is 0. The molecule has 0 aliphatic rings. The Morgan fingerprint density at radius 3 is 2.42 bits per heavy atom. The Kier molecular flexibility index (Phi) is 3.91. The highest BCUT2D eigenvalue weighted by atomic mass is 32.1. The van der Waals surface area contributed by atoms with E-state index in [4.69, 9.17) is 0 Å². The van der Waals surface area contributed by atoms with Gasteiger partial charge in [0.25, 0.3) is 0 Å². The molecule has 2 rings (SSSR count). The Hall–Kier alpha value is -1.40. The Morgan fingerprint density at radius 1 is 1.21 bits per heavy atom. The van der Waals surface area contributed by atoms with Gasteiger partial charge in [0.05, 0.1) is 11.6 Å². The minimum Gasteiger partial charge on any atom is -0.309 e. The van der Waals surface area contributed by atoms with Crippen LogP contribution in [-0.2, 0) is 6.18 Å². The zero-order valence-corrected chi connectivity index (χ0v) is 10.8. The van der Waals surface area contributed by atoms with E-state index in [1.165, 1.54) is 17.4 Å². The van der Waals surface area contributed by atoms with Crippen LogP contribution in [0, 0.1) is 5.82 Å². The minimum absolute atomic E-state index is 0.309. The standard InChI is InChI=1S/C13H11F4NS/c1-18-12(11-3-2-6-19-11)8-4-5-9(10(14)7-8)13(15,16)17/h2-7,12,18H,1H3. The van der Waals surface area contributed by atoms with Crippen LogP contribution in [0.3, 0.4) is 0 Å². The zero-order valence-electron chi connectivity index (χ0n) is 9.96. The summed E-state index contributed by atoms with van der Waals surface area (Å²) in [5.41, 5.74) is -0.771. The van der Waals surface area contributed by atoms with E-state index in [1.807, 2.05) is 17.5 Å². The quantitative estimate of drug-likeness (QED) is 0.834. The van der Waals surface area contributed by atoms with Gasteiger partial charge < -0.3 is 5.32 Å². The summed E-state index contributed by atoms with van der Waals surface area (Å²) >= 11 is 1.46. The average Bonchev–Trinajstić information content (AvgIpc) is 2.82. The Bertz CT molecular complexity index is 548. The van der Waals surface area contributed by atoms with Gasteiger partial charge in [0.2, 0.25) is 0 Å². The number of nitrogens with one attached hydrogen (secondary N) is 1. The molecule has 102 valence electrons. The van der Waals surface area contributed by atoms with Gasteiger partial charge in [-0.05, 0) is 36.2 Å². The predicted molar refractivity (Wildman–Crippen MR) is 66.6 cm³/mol. The van der Waals surface area contributed by atoms with Crippen LogP contribution < -0.4 is 5.32 Å². The number of thiophene rings is 1. The molecule has 1 atom stereocenters. The van der Waals surface area contributed by atoms with E-state index in [-0.39, 0.29) is 6.04 Å². The second kappa shape index (κ2) is 5.30. The van der Waals surface area contributed by atoms with E-state index < -0.39 is 17.6 Å². The van der Waals surface area contributed by atoms with Gasteiger partial charge in [-0.15, -0.1) is 11.3 Å². The van der Waals surface area contributed by atoms with E-state index in [9.17, 15) is 17.6 Å². The molecule has 0 spiro atoms. The minimum atomic E-state index is -4.67. The molecular weight excluding hydrogens is 278 g/mol. The van der Waals surface area contributed by atoms with Crippen LogP contribution in [0.4, 0.5) is 17.6 Å². The van der Waals surface area contributed by atoms with E-state index in [0.717, 1.165) is 17.0 Å². The number of hydrogen-bond donors (Lipinski definition) is 1. The summed E-state index contributed by atoms with van der Waals surface area (Å²) in [6, 6.07) is 6.39. The van der Waals surface area contributed by atoms with Crippen LogP contribution in [0.5, 0.6) is 0 Å². The molecule has 1 aromatic carbocycles. The van der Waals surface area contributed by atoms with E-state index >= 15 is 0 Å². The summed E-state index contributed by atoms with van der Waals surface area (Å²) in [5.74, 6) is -1.25. The lowest BCUT2D eigenvalue weighted by atomic mass is 10.0. The average molecular weight is 289 g/mol. The molecule has 0 saturated carbocycles. The summed E-state index contributed by atoms with van der Waals surface area (Å²) in [6.07, 6.45) is -4.67. The number of hydrogen-bond acceptors (Lipinski definition) is 2. The SMILES string of the molecule is CNC(c1ccc(C(F)(F)F)c(F)c1)c1cccs1. The van der Waals surface area contributed by atoms with Gasteiger partial charge in [-0.1, -0.05) is 12.1 Å². The largest absolute Gasteiger partial charge is 0.419 e. The van der Waals surface area contributed by atoms with E-state index in [2.05, 4.69) is 5.32 Å². The van der Waals surface area contributed by atoms with Crippen molar-refractivity contribution in [3.63, 3.8) is 0 Å². The molecule has 1 N–H and O–H groups in total. The summed E-state index contributed by atoms with van der Waals surface area (Å²) in [4.78, 5) is 0.918. The highest BCUT2D eigenvalue weighted by Gasteiger charge is 2.34. The summed E-state index contributed by atoms with van der Waals surface area (Å²) in [5, 5.41) is 4.83. The van der Waals surface area contributed by atoms with Crippen LogP contribution >= 0.6 is 11.3 Å². The highest BCUT2D eigenvalue weighted by Crippen LogP contribution is 2.33. The van der Waals surface area contributed by atoms with Crippen molar-refractivity contribution in [2.75, 3.05) is 7.05 Å². The van der Waals surface area contributed by atoms with Crippen LogP contribution in [0.2, 0.25) is 0 Å². The number of alkyl halides is 3. The topological polar surface area (TPSA) is 12.0 Å².